The van der Waals surface area contributed by atoms with Crippen LogP contribution in [0.3, 0.4) is 0 Å². The molecule has 0 radical (unpaired) electrons. The molecule has 4 atom stereocenters. The van der Waals surface area contributed by atoms with Gasteiger partial charge in [0.15, 0.2) is 5.41 Å². The Hall–Kier alpha value is -1.57. The standard InChI is InChI=1S/C16H27NO4/c1-7-11(5)13(14(18)19)16(9-17,12(6)8-2)15(20)21-10(3)4/h10-13H,7-8H2,1-6H3,(H,18,19). The zero-order valence-electron chi connectivity index (χ0n) is 13.8. The maximum atomic E-state index is 12.6. The SMILES string of the molecule is CCC(C)C(C(=O)O)C(C#N)(C(=O)OC(C)C)C(C)CC. The molecule has 5 heteroatoms. The average molecular weight is 297 g/mol. The van der Waals surface area contributed by atoms with E-state index in [9.17, 15) is 20.0 Å². The van der Waals surface area contributed by atoms with Gasteiger partial charge in [-0.2, -0.15) is 5.26 Å². The van der Waals surface area contributed by atoms with Crippen molar-refractivity contribution < 1.29 is 19.4 Å². The molecule has 0 aromatic heterocycles. The van der Waals surface area contributed by atoms with Gasteiger partial charge >= 0.3 is 11.9 Å². The van der Waals surface area contributed by atoms with Crippen LogP contribution >= 0.6 is 0 Å². The van der Waals surface area contributed by atoms with Gasteiger partial charge in [-0.1, -0.05) is 40.5 Å². The predicted octanol–water partition coefficient (Wildman–Crippen LogP) is 3.24. The minimum absolute atomic E-state index is 0.295. The molecule has 0 bridgehead atoms. The highest BCUT2D eigenvalue weighted by molar-refractivity contribution is 5.88. The van der Waals surface area contributed by atoms with E-state index < -0.39 is 29.2 Å². The molecule has 21 heavy (non-hydrogen) atoms. The summed E-state index contributed by atoms with van der Waals surface area (Å²) in [6, 6.07) is 2.01. The predicted molar refractivity (Wildman–Crippen MR) is 79.3 cm³/mol. The Balaban J connectivity index is 6.05. The first kappa shape index (κ1) is 19.4. The smallest absolute Gasteiger partial charge is 0.327 e. The van der Waals surface area contributed by atoms with Gasteiger partial charge in [0.2, 0.25) is 0 Å². The Labute approximate surface area is 127 Å². The van der Waals surface area contributed by atoms with Crippen LogP contribution in [0, 0.1) is 34.5 Å². The molecular weight excluding hydrogens is 270 g/mol. The van der Waals surface area contributed by atoms with Crippen LogP contribution in [-0.2, 0) is 14.3 Å². The highest BCUT2D eigenvalue weighted by atomic mass is 16.5. The van der Waals surface area contributed by atoms with E-state index in [4.69, 9.17) is 4.74 Å². The fraction of sp³-hybridized carbons (Fsp3) is 0.812. The van der Waals surface area contributed by atoms with Gasteiger partial charge in [0.05, 0.1) is 18.1 Å². The molecule has 0 fully saturated rings. The molecule has 0 aliphatic carbocycles. The molecule has 0 aromatic carbocycles. The number of carbonyl (C=O) groups excluding carboxylic acids is 1. The number of aliphatic carboxylic acids is 1. The largest absolute Gasteiger partial charge is 0.481 e. The van der Waals surface area contributed by atoms with E-state index in [1.807, 2.05) is 19.9 Å². The summed E-state index contributed by atoms with van der Waals surface area (Å²) in [4.78, 5) is 24.3. The van der Waals surface area contributed by atoms with E-state index in [1.54, 1.807) is 27.7 Å². The Morgan fingerprint density at radius 2 is 1.71 bits per heavy atom. The number of carbonyl (C=O) groups is 2. The van der Waals surface area contributed by atoms with Crippen molar-refractivity contribution in [3.05, 3.63) is 0 Å². The van der Waals surface area contributed by atoms with Gasteiger partial charge in [-0.25, -0.2) is 0 Å². The van der Waals surface area contributed by atoms with Crippen LogP contribution in [0.1, 0.15) is 54.4 Å². The quantitative estimate of drug-likeness (QED) is 0.695. The van der Waals surface area contributed by atoms with Gasteiger partial charge < -0.3 is 9.84 Å². The lowest BCUT2D eigenvalue weighted by Crippen LogP contribution is -2.50. The summed E-state index contributed by atoms with van der Waals surface area (Å²) in [7, 11) is 0. The monoisotopic (exact) mass is 297 g/mol. The molecule has 1 N–H and O–H groups in total. The molecule has 0 spiro atoms. The first-order valence-corrected chi connectivity index (χ1v) is 7.53. The molecule has 0 aromatic rings. The summed E-state index contributed by atoms with van der Waals surface area (Å²) in [5.41, 5.74) is -1.65. The molecule has 0 heterocycles. The zero-order chi connectivity index (χ0) is 16.8. The molecule has 0 saturated heterocycles. The molecule has 0 aliphatic heterocycles. The van der Waals surface area contributed by atoms with Crippen molar-refractivity contribution >= 4 is 11.9 Å². The summed E-state index contributed by atoms with van der Waals surface area (Å²) >= 11 is 0. The second kappa shape index (κ2) is 8.02. The van der Waals surface area contributed by atoms with E-state index in [0.29, 0.717) is 12.8 Å². The Morgan fingerprint density at radius 3 is 2.00 bits per heavy atom. The molecule has 0 saturated carbocycles. The maximum absolute atomic E-state index is 12.6. The summed E-state index contributed by atoms with van der Waals surface area (Å²) in [6.07, 6.45) is 0.716. The maximum Gasteiger partial charge on any atom is 0.327 e. The van der Waals surface area contributed by atoms with Crippen molar-refractivity contribution in [1.29, 1.82) is 5.26 Å². The van der Waals surface area contributed by atoms with Crippen molar-refractivity contribution in [3.8, 4) is 6.07 Å². The van der Waals surface area contributed by atoms with Gasteiger partial charge in [0, 0.05) is 0 Å². The van der Waals surface area contributed by atoms with Crippen LogP contribution in [0.2, 0.25) is 0 Å². The number of carboxylic acid groups (broad SMARTS) is 1. The lowest BCUT2D eigenvalue weighted by Gasteiger charge is -2.38. The van der Waals surface area contributed by atoms with Crippen molar-refractivity contribution in [3.63, 3.8) is 0 Å². The van der Waals surface area contributed by atoms with Crippen LogP contribution in [0.25, 0.3) is 0 Å². The van der Waals surface area contributed by atoms with E-state index in [0.717, 1.165) is 0 Å². The molecule has 5 nitrogen and oxygen atoms in total. The van der Waals surface area contributed by atoms with E-state index in [1.165, 1.54) is 0 Å². The number of nitrogens with zero attached hydrogens (tertiary/aromatic N) is 1. The van der Waals surface area contributed by atoms with Gasteiger partial charge in [-0.3, -0.25) is 9.59 Å². The highest BCUT2D eigenvalue weighted by Crippen LogP contribution is 2.43. The van der Waals surface area contributed by atoms with Crippen LogP contribution in [0.15, 0.2) is 0 Å². The van der Waals surface area contributed by atoms with Crippen molar-refractivity contribution in [1.82, 2.24) is 0 Å². The van der Waals surface area contributed by atoms with Crippen LogP contribution in [-0.4, -0.2) is 23.1 Å². The Morgan fingerprint density at radius 1 is 1.19 bits per heavy atom. The van der Waals surface area contributed by atoms with Gasteiger partial charge in [0.1, 0.15) is 0 Å². The number of esters is 1. The summed E-state index contributed by atoms with van der Waals surface area (Å²) in [5, 5.41) is 19.3. The molecule has 0 aliphatic rings. The topological polar surface area (TPSA) is 87.4 Å². The third-order valence-corrected chi connectivity index (χ3v) is 4.22. The highest BCUT2D eigenvalue weighted by Gasteiger charge is 2.56. The van der Waals surface area contributed by atoms with Crippen molar-refractivity contribution in [2.45, 2.75) is 60.5 Å². The number of nitriles is 1. The summed E-state index contributed by atoms with van der Waals surface area (Å²) in [6.45, 7) is 10.6. The third-order valence-electron chi connectivity index (χ3n) is 4.22. The Bertz CT molecular complexity index is 413. The lowest BCUT2D eigenvalue weighted by atomic mass is 9.62. The number of carboxylic acids is 1. The zero-order valence-corrected chi connectivity index (χ0v) is 13.8. The summed E-state index contributed by atoms with van der Waals surface area (Å²) in [5.74, 6) is -3.61. The first-order valence-electron chi connectivity index (χ1n) is 7.53. The first-order chi connectivity index (χ1) is 9.68. The summed E-state index contributed by atoms with van der Waals surface area (Å²) < 4.78 is 5.23. The molecule has 0 rings (SSSR count). The van der Waals surface area contributed by atoms with Gasteiger partial charge in [0.25, 0.3) is 0 Å². The van der Waals surface area contributed by atoms with E-state index in [-0.39, 0.29) is 12.0 Å². The van der Waals surface area contributed by atoms with Crippen LogP contribution in [0.5, 0.6) is 0 Å². The van der Waals surface area contributed by atoms with Crippen LogP contribution < -0.4 is 0 Å². The molecular formula is C16H27NO4. The number of hydrogen-bond donors (Lipinski definition) is 1. The minimum Gasteiger partial charge on any atom is -0.481 e. The van der Waals surface area contributed by atoms with Crippen molar-refractivity contribution in [2.24, 2.45) is 23.2 Å². The number of rotatable bonds is 8. The molecule has 0 amide bonds. The number of hydrogen-bond acceptors (Lipinski definition) is 4. The minimum atomic E-state index is -1.65. The molecule has 120 valence electrons. The van der Waals surface area contributed by atoms with Gasteiger partial charge in [-0.15, -0.1) is 0 Å². The number of ether oxygens (including phenoxy) is 1. The third kappa shape index (κ3) is 3.96. The second-order valence-corrected chi connectivity index (χ2v) is 5.95. The average Bonchev–Trinajstić information content (AvgIpc) is 2.41. The van der Waals surface area contributed by atoms with E-state index in [2.05, 4.69) is 0 Å². The Kier molecular flexibility index (Phi) is 7.42. The van der Waals surface area contributed by atoms with Gasteiger partial charge in [-0.05, 0) is 25.7 Å². The van der Waals surface area contributed by atoms with Crippen molar-refractivity contribution in [2.75, 3.05) is 0 Å². The normalized spacial score (nSPS) is 18.2. The fourth-order valence-corrected chi connectivity index (χ4v) is 2.62. The molecule has 4 unspecified atom stereocenters. The second-order valence-electron chi connectivity index (χ2n) is 5.95. The van der Waals surface area contributed by atoms with E-state index >= 15 is 0 Å². The van der Waals surface area contributed by atoms with Crippen LogP contribution in [0.4, 0.5) is 0 Å². The fourth-order valence-electron chi connectivity index (χ4n) is 2.62. The lowest BCUT2D eigenvalue weighted by molar-refractivity contribution is -0.172.